The van der Waals surface area contributed by atoms with Gasteiger partial charge in [0.1, 0.15) is 0 Å². The van der Waals surface area contributed by atoms with Gasteiger partial charge in [0.25, 0.3) is 0 Å². The number of unbranched alkanes of at least 4 members (excludes halogenated alkanes) is 1. The van der Waals surface area contributed by atoms with E-state index in [1.165, 1.54) is 29.5 Å². The van der Waals surface area contributed by atoms with Gasteiger partial charge < -0.3 is 0 Å². The first-order valence-electron chi connectivity index (χ1n) is 6.51. The molecular formula is C15H24ClN. The lowest BCUT2D eigenvalue weighted by Crippen LogP contribution is -2.26. The maximum absolute atomic E-state index is 5.86. The van der Waals surface area contributed by atoms with Crippen molar-refractivity contribution in [1.29, 1.82) is 0 Å². The van der Waals surface area contributed by atoms with Crippen molar-refractivity contribution in [1.82, 2.24) is 4.90 Å². The van der Waals surface area contributed by atoms with Crippen LogP contribution in [0.4, 0.5) is 0 Å². The Balaban J connectivity index is 2.61. The molecule has 1 rings (SSSR count). The molecule has 0 N–H and O–H groups in total. The van der Waals surface area contributed by atoms with E-state index in [1.807, 2.05) is 0 Å². The van der Waals surface area contributed by atoms with E-state index in [0.717, 1.165) is 19.6 Å². The average molecular weight is 254 g/mol. The van der Waals surface area contributed by atoms with Crippen LogP contribution in [-0.2, 0) is 6.54 Å². The summed E-state index contributed by atoms with van der Waals surface area (Å²) < 4.78 is 0. The summed E-state index contributed by atoms with van der Waals surface area (Å²) in [6, 6.07) is 6.74. The second-order valence-corrected chi connectivity index (χ2v) is 5.12. The summed E-state index contributed by atoms with van der Waals surface area (Å²) in [7, 11) is 0. The second-order valence-electron chi connectivity index (χ2n) is 4.74. The zero-order valence-corrected chi connectivity index (χ0v) is 12.1. The van der Waals surface area contributed by atoms with E-state index >= 15 is 0 Å². The number of hydrogen-bond donors (Lipinski definition) is 0. The summed E-state index contributed by atoms with van der Waals surface area (Å²) >= 11 is 5.86. The van der Waals surface area contributed by atoms with Gasteiger partial charge >= 0.3 is 0 Å². The Hall–Kier alpha value is -0.530. The minimum absolute atomic E-state index is 0.717. The Morgan fingerprint density at radius 3 is 2.47 bits per heavy atom. The van der Waals surface area contributed by atoms with Crippen molar-refractivity contribution in [2.75, 3.05) is 19.0 Å². The fraction of sp³-hybridized carbons (Fsp3) is 0.600. The third-order valence-electron chi connectivity index (χ3n) is 3.21. The molecular weight excluding hydrogens is 230 g/mol. The summed E-state index contributed by atoms with van der Waals surface area (Å²) in [4.78, 5) is 2.45. The van der Waals surface area contributed by atoms with Gasteiger partial charge in [-0.25, -0.2) is 0 Å². The molecule has 2 heteroatoms. The summed E-state index contributed by atoms with van der Waals surface area (Å²) in [5, 5.41) is 0. The number of nitrogens with zero attached hydrogens (tertiary/aromatic N) is 1. The largest absolute Gasteiger partial charge is 0.298 e. The molecule has 0 bridgehead atoms. The first-order chi connectivity index (χ1) is 8.17. The Bertz CT molecular complexity index is 336. The Morgan fingerprint density at radius 2 is 1.88 bits per heavy atom. The van der Waals surface area contributed by atoms with Crippen LogP contribution in [0.1, 0.15) is 36.5 Å². The molecule has 0 saturated carbocycles. The van der Waals surface area contributed by atoms with Crippen molar-refractivity contribution in [3.8, 4) is 0 Å². The molecule has 0 amide bonds. The predicted octanol–water partition coefficient (Wildman–Crippen LogP) is 4.14. The lowest BCUT2D eigenvalue weighted by Gasteiger charge is -2.21. The predicted molar refractivity (Wildman–Crippen MR) is 76.8 cm³/mol. The quantitative estimate of drug-likeness (QED) is 0.660. The molecule has 0 fully saturated rings. The number of halogens is 1. The van der Waals surface area contributed by atoms with E-state index in [9.17, 15) is 0 Å². The standard InChI is InChI=1S/C15H24ClN/c1-4-5-9-17(10-8-16)12-15-7-6-13(2)14(3)11-15/h6-7,11H,4-5,8-10,12H2,1-3H3. The van der Waals surface area contributed by atoms with Gasteiger partial charge in [0.2, 0.25) is 0 Å². The maximum atomic E-state index is 5.86. The van der Waals surface area contributed by atoms with Gasteiger partial charge in [-0.3, -0.25) is 4.90 Å². The Morgan fingerprint density at radius 1 is 1.12 bits per heavy atom. The molecule has 0 aromatic heterocycles. The molecule has 0 aliphatic carbocycles. The van der Waals surface area contributed by atoms with Crippen LogP contribution in [0.3, 0.4) is 0 Å². The SMILES string of the molecule is CCCCN(CCCl)Cc1ccc(C)c(C)c1. The van der Waals surface area contributed by atoms with Crippen molar-refractivity contribution in [3.05, 3.63) is 34.9 Å². The Kier molecular flexibility index (Phi) is 6.61. The number of rotatable bonds is 7. The molecule has 96 valence electrons. The first kappa shape index (κ1) is 14.5. The highest BCUT2D eigenvalue weighted by Crippen LogP contribution is 2.12. The summed E-state index contributed by atoms with van der Waals surface area (Å²) in [6.45, 7) is 9.72. The summed E-state index contributed by atoms with van der Waals surface area (Å²) in [5.41, 5.74) is 4.14. The topological polar surface area (TPSA) is 3.24 Å². The van der Waals surface area contributed by atoms with Gasteiger partial charge in [0, 0.05) is 19.0 Å². The van der Waals surface area contributed by atoms with Crippen molar-refractivity contribution >= 4 is 11.6 Å². The van der Waals surface area contributed by atoms with Gasteiger partial charge in [-0.1, -0.05) is 31.5 Å². The smallest absolute Gasteiger partial charge is 0.0351 e. The van der Waals surface area contributed by atoms with Gasteiger partial charge in [-0.2, -0.15) is 0 Å². The van der Waals surface area contributed by atoms with Crippen molar-refractivity contribution in [3.63, 3.8) is 0 Å². The Labute approximate surface area is 111 Å². The number of hydrogen-bond acceptors (Lipinski definition) is 1. The molecule has 0 aliphatic heterocycles. The van der Waals surface area contributed by atoms with Crippen LogP contribution in [0.15, 0.2) is 18.2 Å². The van der Waals surface area contributed by atoms with Crippen LogP contribution < -0.4 is 0 Å². The highest BCUT2D eigenvalue weighted by Gasteiger charge is 2.05. The van der Waals surface area contributed by atoms with E-state index in [1.54, 1.807) is 0 Å². The molecule has 1 aromatic rings. The fourth-order valence-corrected chi connectivity index (χ4v) is 2.17. The molecule has 0 saturated heterocycles. The van der Waals surface area contributed by atoms with Crippen LogP contribution in [0.2, 0.25) is 0 Å². The van der Waals surface area contributed by atoms with Crippen molar-refractivity contribution in [2.24, 2.45) is 0 Å². The third kappa shape index (κ3) is 5.10. The highest BCUT2D eigenvalue weighted by atomic mass is 35.5. The van der Waals surface area contributed by atoms with E-state index in [0.29, 0.717) is 5.88 Å². The van der Waals surface area contributed by atoms with E-state index in [-0.39, 0.29) is 0 Å². The molecule has 0 radical (unpaired) electrons. The fourth-order valence-electron chi connectivity index (χ4n) is 1.93. The van der Waals surface area contributed by atoms with Crippen LogP contribution in [0.5, 0.6) is 0 Å². The molecule has 0 unspecified atom stereocenters. The van der Waals surface area contributed by atoms with E-state index < -0.39 is 0 Å². The van der Waals surface area contributed by atoms with Crippen molar-refractivity contribution in [2.45, 2.75) is 40.2 Å². The van der Waals surface area contributed by atoms with Gasteiger partial charge in [0.05, 0.1) is 0 Å². The second kappa shape index (κ2) is 7.73. The van der Waals surface area contributed by atoms with Gasteiger partial charge in [-0.15, -0.1) is 11.6 Å². The molecule has 0 aliphatic rings. The third-order valence-corrected chi connectivity index (χ3v) is 3.38. The molecule has 1 aromatic carbocycles. The van der Waals surface area contributed by atoms with Crippen LogP contribution >= 0.6 is 11.6 Å². The monoisotopic (exact) mass is 253 g/mol. The maximum Gasteiger partial charge on any atom is 0.0351 e. The van der Waals surface area contributed by atoms with Gasteiger partial charge in [-0.05, 0) is 43.5 Å². The van der Waals surface area contributed by atoms with Crippen LogP contribution in [-0.4, -0.2) is 23.9 Å². The van der Waals surface area contributed by atoms with E-state index in [4.69, 9.17) is 11.6 Å². The average Bonchev–Trinajstić information content (AvgIpc) is 2.31. The molecule has 0 spiro atoms. The number of benzene rings is 1. The highest BCUT2D eigenvalue weighted by molar-refractivity contribution is 6.18. The number of alkyl halides is 1. The first-order valence-corrected chi connectivity index (χ1v) is 7.05. The lowest BCUT2D eigenvalue weighted by atomic mass is 10.1. The van der Waals surface area contributed by atoms with E-state index in [2.05, 4.69) is 43.9 Å². The molecule has 1 nitrogen and oxygen atoms in total. The van der Waals surface area contributed by atoms with Crippen LogP contribution in [0, 0.1) is 13.8 Å². The minimum atomic E-state index is 0.717. The number of aryl methyl sites for hydroxylation is 2. The molecule has 0 heterocycles. The molecule has 17 heavy (non-hydrogen) atoms. The zero-order valence-electron chi connectivity index (χ0n) is 11.3. The molecule has 0 atom stereocenters. The summed E-state index contributed by atoms with van der Waals surface area (Å²) in [6.07, 6.45) is 2.49. The lowest BCUT2D eigenvalue weighted by molar-refractivity contribution is 0.277. The summed E-state index contributed by atoms with van der Waals surface area (Å²) in [5.74, 6) is 0.717. The minimum Gasteiger partial charge on any atom is -0.298 e. The van der Waals surface area contributed by atoms with Gasteiger partial charge in [0.15, 0.2) is 0 Å². The zero-order chi connectivity index (χ0) is 12.7. The van der Waals surface area contributed by atoms with Crippen molar-refractivity contribution < 1.29 is 0 Å². The van der Waals surface area contributed by atoms with Crippen LogP contribution in [0.25, 0.3) is 0 Å². The normalized spacial score (nSPS) is 11.1.